The van der Waals surface area contributed by atoms with Crippen molar-refractivity contribution in [2.45, 2.75) is 39.7 Å². The normalized spacial score (nSPS) is 12.8. The molecule has 0 aromatic heterocycles. The number of Topliss-reactive ketones (excluding diaryl/α,β-unsaturated/α-hetero) is 1. The van der Waals surface area contributed by atoms with Gasteiger partial charge in [-0.3, -0.25) is 24.7 Å². The van der Waals surface area contributed by atoms with E-state index in [1.165, 1.54) is 31.3 Å². The highest BCUT2D eigenvalue weighted by Crippen LogP contribution is 2.41. The van der Waals surface area contributed by atoms with E-state index >= 15 is 4.39 Å². The Labute approximate surface area is 213 Å². The van der Waals surface area contributed by atoms with Gasteiger partial charge in [-0.1, -0.05) is 20.8 Å². The molecule has 11 heteroatoms. The third kappa shape index (κ3) is 5.20. The summed E-state index contributed by atoms with van der Waals surface area (Å²) in [6, 6.07) is 4.31. The molecule has 198 valence electrons. The van der Waals surface area contributed by atoms with Crippen molar-refractivity contribution in [3.05, 3.63) is 46.3 Å². The van der Waals surface area contributed by atoms with Crippen LogP contribution in [0.15, 0.2) is 18.2 Å². The number of carboxylic acid groups (broad SMARTS) is 1. The number of nitrogens with zero attached hydrogens (tertiary/aromatic N) is 2. The molecule has 0 atom stereocenters. The number of ether oxygens (including phenoxy) is 2. The van der Waals surface area contributed by atoms with Gasteiger partial charge in [0.15, 0.2) is 23.1 Å². The second kappa shape index (κ2) is 10.1. The van der Waals surface area contributed by atoms with E-state index in [0.717, 1.165) is 11.8 Å². The van der Waals surface area contributed by atoms with Crippen molar-refractivity contribution in [3.63, 3.8) is 0 Å². The van der Waals surface area contributed by atoms with E-state index in [0.29, 0.717) is 11.1 Å². The smallest absolute Gasteiger partial charge is 0.323 e. The average Bonchev–Trinajstić information content (AvgIpc) is 3.11. The molecule has 0 aliphatic carbocycles. The number of aliphatic carboxylic acids is 1. The number of methoxy groups -OCH3 is 2. The number of carboxylic acids is 1. The lowest BCUT2D eigenvalue weighted by molar-refractivity contribution is -0.136. The van der Waals surface area contributed by atoms with E-state index in [4.69, 9.17) is 14.9 Å². The summed E-state index contributed by atoms with van der Waals surface area (Å²) in [7, 11) is 2.66. The highest BCUT2D eigenvalue weighted by Gasteiger charge is 2.34. The van der Waals surface area contributed by atoms with Crippen molar-refractivity contribution in [1.29, 1.82) is 5.41 Å². The topological polar surface area (TPSA) is 140 Å². The van der Waals surface area contributed by atoms with Gasteiger partial charge >= 0.3 is 5.97 Å². The van der Waals surface area contributed by atoms with Crippen molar-refractivity contribution >= 4 is 29.2 Å². The lowest BCUT2D eigenvalue weighted by Gasteiger charge is -2.27. The van der Waals surface area contributed by atoms with Crippen LogP contribution in [-0.2, 0) is 21.5 Å². The van der Waals surface area contributed by atoms with Crippen LogP contribution in [0.25, 0.3) is 0 Å². The van der Waals surface area contributed by atoms with Crippen LogP contribution >= 0.6 is 0 Å². The molecule has 1 heterocycles. The van der Waals surface area contributed by atoms with Gasteiger partial charge in [-0.25, -0.2) is 4.39 Å². The average molecular weight is 516 g/mol. The molecule has 0 fully saturated rings. The monoisotopic (exact) mass is 515 g/mol. The molecule has 0 saturated heterocycles. The van der Waals surface area contributed by atoms with Crippen molar-refractivity contribution in [3.8, 4) is 17.2 Å². The summed E-state index contributed by atoms with van der Waals surface area (Å²) in [6.45, 7) is 5.62. The van der Waals surface area contributed by atoms with Gasteiger partial charge in [0.05, 0.1) is 32.0 Å². The Balaban J connectivity index is 2.02. The van der Waals surface area contributed by atoms with Crippen molar-refractivity contribution < 1.29 is 38.5 Å². The number of phenols is 1. The van der Waals surface area contributed by atoms with E-state index in [9.17, 15) is 24.6 Å². The number of hydrogen-bond donors (Lipinski definition) is 3. The molecule has 0 bridgehead atoms. The predicted molar refractivity (Wildman–Crippen MR) is 134 cm³/mol. The summed E-state index contributed by atoms with van der Waals surface area (Å²) in [5, 5.41) is 28.7. The summed E-state index contributed by atoms with van der Waals surface area (Å²) >= 11 is 0. The van der Waals surface area contributed by atoms with Gasteiger partial charge in [0.1, 0.15) is 18.1 Å². The SMILES string of the molecule is COc1cc2c(c(F)c1OC)C(=N)N(CC(=O)c1cc(N(CC(=O)O)C(C)=O)c(O)c(C(C)(C)C)c1)C2. The van der Waals surface area contributed by atoms with Gasteiger partial charge in [-0.2, -0.15) is 0 Å². The van der Waals surface area contributed by atoms with E-state index in [1.54, 1.807) is 26.8 Å². The standard InChI is InChI=1S/C26H30FN3O7/c1-13(31)30(12-20(33)34)17-8-14(7-16(23(17)35)26(2,3)4)18(32)11-29-10-15-9-19(36-5)24(37-6)22(27)21(15)25(29)28/h7-9,28,35H,10-12H2,1-6H3,(H,33,34). The number of halogens is 1. The summed E-state index contributed by atoms with van der Waals surface area (Å²) in [6.07, 6.45) is 0. The number of hydrogen-bond acceptors (Lipinski definition) is 7. The number of fused-ring (bicyclic) bond motifs is 1. The maximum absolute atomic E-state index is 15.1. The first-order valence-corrected chi connectivity index (χ1v) is 11.4. The summed E-state index contributed by atoms with van der Waals surface area (Å²) in [5.41, 5.74) is 0.147. The number of carbonyl (C=O) groups is 3. The summed E-state index contributed by atoms with van der Waals surface area (Å²) in [5.74, 6) is -3.62. The van der Waals surface area contributed by atoms with E-state index in [-0.39, 0.29) is 53.0 Å². The molecule has 1 aliphatic rings. The zero-order chi connectivity index (χ0) is 27.8. The molecule has 3 rings (SSSR count). The van der Waals surface area contributed by atoms with Crippen LogP contribution in [0, 0.1) is 11.2 Å². The lowest BCUT2D eigenvalue weighted by atomic mass is 9.84. The molecule has 2 aromatic carbocycles. The minimum atomic E-state index is -1.29. The Morgan fingerprint density at radius 1 is 1.16 bits per heavy atom. The van der Waals surface area contributed by atoms with Crippen LogP contribution in [0.4, 0.5) is 10.1 Å². The molecular formula is C26H30FN3O7. The maximum Gasteiger partial charge on any atom is 0.323 e. The van der Waals surface area contributed by atoms with Gasteiger partial charge < -0.3 is 24.6 Å². The molecule has 0 unspecified atom stereocenters. The van der Waals surface area contributed by atoms with Gasteiger partial charge in [0.2, 0.25) is 5.91 Å². The zero-order valence-corrected chi connectivity index (χ0v) is 21.6. The first-order chi connectivity index (χ1) is 17.2. The number of anilines is 1. The highest BCUT2D eigenvalue weighted by molar-refractivity contribution is 6.07. The molecule has 0 saturated carbocycles. The molecule has 0 spiro atoms. The van der Waals surface area contributed by atoms with Gasteiger partial charge in [-0.15, -0.1) is 0 Å². The number of aromatic hydroxyl groups is 1. The zero-order valence-electron chi connectivity index (χ0n) is 21.6. The van der Waals surface area contributed by atoms with Crippen LogP contribution < -0.4 is 14.4 Å². The van der Waals surface area contributed by atoms with Gasteiger partial charge in [-0.05, 0) is 29.2 Å². The molecule has 1 amide bonds. The number of nitrogens with one attached hydrogen (secondary N) is 1. The third-order valence-electron chi connectivity index (χ3n) is 6.13. The number of rotatable bonds is 8. The number of benzene rings is 2. The first-order valence-electron chi connectivity index (χ1n) is 11.4. The van der Waals surface area contributed by atoms with Crippen LogP contribution in [0.1, 0.15) is 54.7 Å². The quantitative estimate of drug-likeness (QED) is 0.455. The van der Waals surface area contributed by atoms with E-state index < -0.39 is 35.4 Å². The molecule has 2 aromatic rings. The minimum Gasteiger partial charge on any atom is -0.505 e. The summed E-state index contributed by atoms with van der Waals surface area (Å²) < 4.78 is 25.4. The van der Waals surface area contributed by atoms with Crippen molar-refractivity contribution in [1.82, 2.24) is 4.90 Å². The molecule has 0 radical (unpaired) electrons. The fraction of sp³-hybridized carbons (Fsp3) is 0.385. The molecular weight excluding hydrogens is 485 g/mol. The minimum absolute atomic E-state index is 0.0106. The van der Waals surface area contributed by atoms with Crippen LogP contribution in [0.3, 0.4) is 0 Å². The number of amidine groups is 1. The van der Waals surface area contributed by atoms with Crippen molar-refractivity contribution in [2.75, 3.05) is 32.2 Å². The first kappa shape index (κ1) is 27.4. The number of amides is 1. The number of phenolic OH excluding ortho intramolecular Hbond substituents is 1. The maximum atomic E-state index is 15.1. The van der Waals surface area contributed by atoms with Crippen LogP contribution in [0.5, 0.6) is 17.2 Å². The van der Waals surface area contributed by atoms with Crippen LogP contribution in [-0.4, -0.2) is 65.9 Å². The van der Waals surface area contributed by atoms with Crippen LogP contribution in [0.2, 0.25) is 0 Å². The number of carbonyl (C=O) groups excluding carboxylic acids is 2. The Morgan fingerprint density at radius 3 is 2.32 bits per heavy atom. The summed E-state index contributed by atoms with van der Waals surface area (Å²) in [4.78, 5) is 39.3. The molecule has 37 heavy (non-hydrogen) atoms. The second-order valence-corrected chi connectivity index (χ2v) is 9.73. The van der Waals surface area contributed by atoms with E-state index in [2.05, 4.69) is 0 Å². The Bertz CT molecular complexity index is 1300. The molecule has 3 N–H and O–H groups in total. The Kier molecular flexibility index (Phi) is 7.47. The van der Waals surface area contributed by atoms with Crippen molar-refractivity contribution in [2.24, 2.45) is 0 Å². The molecule has 10 nitrogen and oxygen atoms in total. The van der Waals surface area contributed by atoms with Gasteiger partial charge in [0, 0.05) is 24.6 Å². The fourth-order valence-corrected chi connectivity index (χ4v) is 4.28. The van der Waals surface area contributed by atoms with Gasteiger partial charge in [0.25, 0.3) is 0 Å². The third-order valence-corrected chi connectivity index (χ3v) is 6.13. The van der Waals surface area contributed by atoms with E-state index in [1.807, 2.05) is 0 Å². The Hall–Kier alpha value is -4.15. The Morgan fingerprint density at radius 2 is 1.81 bits per heavy atom. The largest absolute Gasteiger partial charge is 0.505 e. The predicted octanol–water partition coefficient (Wildman–Crippen LogP) is 3.31. The number of ketones is 1. The molecule has 1 aliphatic heterocycles. The highest BCUT2D eigenvalue weighted by atomic mass is 19.1. The fourth-order valence-electron chi connectivity index (χ4n) is 4.28. The lowest BCUT2D eigenvalue weighted by Crippen LogP contribution is -2.35. The second-order valence-electron chi connectivity index (χ2n) is 9.73.